The summed E-state index contributed by atoms with van der Waals surface area (Å²) in [6.07, 6.45) is 3.26. The zero-order chi connectivity index (χ0) is 25.4. The van der Waals surface area contributed by atoms with Crippen LogP contribution < -0.4 is 10.1 Å². The van der Waals surface area contributed by atoms with Gasteiger partial charge in [-0.1, -0.05) is 57.0 Å². The van der Waals surface area contributed by atoms with Crippen molar-refractivity contribution in [1.82, 2.24) is 19.8 Å². The van der Waals surface area contributed by atoms with Gasteiger partial charge in [0.2, 0.25) is 5.91 Å². The number of carbonyl (C=O) groups is 2. The summed E-state index contributed by atoms with van der Waals surface area (Å²) in [7, 11) is 0. The van der Waals surface area contributed by atoms with Crippen LogP contribution in [0.2, 0.25) is 0 Å². The molecule has 1 N–H and O–H groups in total. The normalized spacial score (nSPS) is 26.1. The number of nitrogens with zero attached hydrogens (tertiary/aromatic N) is 3. The lowest BCUT2D eigenvalue weighted by Gasteiger charge is -2.45. The molecule has 190 valence electrons. The Labute approximate surface area is 212 Å². The van der Waals surface area contributed by atoms with Crippen LogP contribution in [0.5, 0.6) is 5.75 Å². The van der Waals surface area contributed by atoms with Crippen LogP contribution in [-0.2, 0) is 17.9 Å². The second-order valence-electron chi connectivity index (χ2n) is 10.6. The molecule has 1 aromatic heterocycles. The number of para-hydroxylation sites is 3. The molecule has 1 saturated carbocycles. The van der Waals surface area contributed by atoms with Crippen LogP contribution in [0.4, 0.5) is 0 Å². The molecule has 7 heteroatoms. The smallest absolute Gasteiger partial charge is 0.291 e. The SMILES string of the molecule is CCOc1ccccc1CN1C(=O)c2nc3ccccc3n2C[C@]1(C)C(=O)N[C@@H]1CCC[C@@H](C)[C@@H]1C. The third kappa shape index (κ3) is 4.14. The van der Waals surface area contributed by atoms with Crippen molar-refractivity contribution >= 4 is 22.8 Å². The molecule has 0 spiro atoms. The predicted molar refractivity (Wildman–Crippen MR) is 140 cm³/mol. The molecule has 0 unspecified atom stereocenters. The average molecular weight is 489 g/mol. The van der Waals surface area contributed by atoms with Gasteiger partial charge in [-0.2, -0.15) is 0 Å². The molecule has 0 saturated heterocycles. The highest BCUT2D eigenvalue weighted by Crippen LogP contribution is 2.35. The zero-order valence-electron chi connectivity index (χ0n) is 21.7. The largest absolute Gasteiger partial charge is 0.494 e. The molecule has 2 amide bonds. The molecule has 1 aliphatic heterocycles. The summed E-state index contributed by atoms with van der Waals surface area (Å²) >= 11 is 0. The first kappa shape index (κ1) is 24.3. The number of imidazole rings is 1. The van der Waals surface area contributed by atoms with Gasteiger partial charge in [0.25, 0.3) is 5.91 Å². The Bertz CT molecular complexity index is 1280. The van der Waals surface area contributed by atoms with Crippen LogP contribution in [0.1, 0.15) is 63.1 Å². The number of hydrogen-bond acceptors (Lipinski definition) is 4. The van der Waals surface area contributed by atoms with Crippen molar-refractivity contribution in [2.45, 2.75) is 71.6 Å². The molecule has 4 atom stereocenters. The maximum Gasteiger partial charge on any atom is 0.291 e. The van der Waals surface area contributed by atoms with Gasteiger partial charge in [0.1, 0.15) is 11.3 Å². The van der Waals surface area contributed by atoms with E-state index < -0.39 is 5.54 Å². The fraction of sp³-hybridized carbons (Fsp3) is 0.483. The molecule has 1 fully saturated rings. The van der Waals surface area contributed by atoms with Crippen LogP contribution in [0.15, 0.2) is 48.5 Å². The molecule has 1 aliphatic carbocycles. The second-order valence-corrected chi connectivity index (χ2v) is 10.6. The zero-order valence-corrected chi connectivity index (χ0v) is 21.7. The summed E-state index contributed by atoms with van der Waals surface area (Å²) in [5, 5.41) is 3.36. The van der Waals surface area contributed by atoms with E-state index in [9.17, 15) is 9.59 Å². The number of ether oxygens (including phenoxy) is 1. The van der Waals surface area contributed by atoms with Gasteiger partial charge in [-0.15, -0.1) is 0 Å². The average Bonchev–Trinajstić information content (AvgIpc) is 3.24. The fourth-order valence-electron chi connectivity index (χ4n) is 5.79. The maximum absolute atomic E-state index is 14.1. The van der Waals surface area contributed by atoms with Crippen molar-refractivity contribution in [3.63, 3.8) is 0 Å². The quantitative estimate of drug-likeness (QED) is 0.541. The molecule has 0 bridgehead atoms. The highest BCUT2D eigenvalue weighted by molar-refractivity contribution is 6.01. The highest BCUT2D eigenvalue weighted by atomic mass is 16.5. The summed E-state index contributed by atoms with van der Waals surface area (Å²) in [4.78, 5) is 34.5. The van der Waals surface area contributed by atoms with Crippen LogP contribution in [-0.4, -0.2) is 44.5 Å². The van der Waals surface area contributed by atoms with E-state index in [0.29, 0.717) is 30.8 Å². The van der Waals surface area contributed by atoms with E-state index >= 15 is 0 Å². The van der Waals surface area contributed by atoms with Crippen molar-refractivity contribution < 1.29 is 14.3 Å². The number of amides is 2. The number of fused-ring (bicyclic) bond motifs is 3. The highest BCUT2D eigenvalue weighted by Gasteiger charge is 2.49. The van der Waals surface area contributed by atoms with Gasteiger partial charge in [-0.25, -0.2) is 4.98 Å². The first-order valence-corrected chi connectivity index (χ1v) is 13.1. The topological polar surface area (TPSA) is 76.5 Å². The van der Waals surface area contributed by atoms with Crippen molar-refractivity contribution in [3.8, 4) is 5.75 Å². The van der Waals surface area contributed by atoms with Gasteiger partial charge in [-0.3, -0.25) is 9.59 Å². The Hall–Kier alpha value is -3.35. The molecule has 5 rings (SSSR count). The Morgan fingerprint density at radius 3 is 2.69 bits per heavy atom. The Morgan fingerprint density at radius 2 is 1.89 bits per heavy atom. The lowest BCUT2D eigenvalue weighted by molar-refractivity contribution is -0.134. The lowest BCUT2D eigenvalue weighted by atomic mass is 9.77. The molecule has 2 aliphatic rings. The monoisotopic (exact) mass is 488 g/mol. The predicted octanol–water partition coefficient (Wildman–Crippen LogP) is 4.79. The minimum atomic E-state index is -1.09. The maximum atomic E-state index is 14.1. The van der Waals surface area contributed by atoms with Gasteiger partial charge in [0.15, 0.2) is 5.82 Å². The van der Waals surface area contributed by atoms with Crippen LogP contribution >= 0.6 is 0 Å². The van der Waals surface area contributed by atoms with E-state index in [1.807, 2.05) is 66.9 Å². The number of aromatic nitrogens is 2. The minimum absolute atomic E-state index is 0.103. The summed E-state index contributed by atoms with van der Waals surface area (Å²) in [5.74, 6) is 1.69. The lowest BCUT2D eigenvalue weighted by Crippen LogP contribution is -2.65. The van der Waals surface area contributed by atoms with E-state index in [1.165, 1.54) is 6.42 Å². The molecular weight excluding hydrogens is 452 g/mol. The van der Waals surface area contributed by atoms with Gasteiger partial charge in [0, 0.05) is 11.6 Å². The molecule has 0 radical (unpaired) electrons. The third-order valence-electron chi connectivity index (χ3n) is 8.27. The number of hydrogen-bond donors (Lipinski definition) is 1. The number of carbonyl (C=O) groups excluding carboxylic acids is 2. The van der Waals surface area contributed by atoms with Crippen LogP contribution in [0.25, 0.3) is 11.0 Å². The second kappa shape index (κ2) is 9.60. The van der Waals surface area contributed by atoms with Crippen molar-refractivity contribution in [1.29, 1.82) is 0 Å². The van der Waals surface area contributed by atoms with Crippen molar-refractivity contribution in [2.75, 3.05) is 6.61 Å². The van der Waals surface area contributed by atoms with E-state index in [2.05, 4.69) is 24.1 Å². The first-order chi connectivity index (χ1) is 17.3. The molecule has 2 heterocycles. The summed E-state index contributed by atoms with van der Waals surface area (Å²) < 4.78 is 7.76. The van der Waals surface area contributed by atoms with Crippen LogP contribution in [0, 0.1) is 11.8 Å². The Morgan fingerprint density at radius 1 is 1.14 bits per heavy atom. The van der Waals surface area contributed by atoms with Crippen LogP contribution in [0.3, 0.4) is 0 Å². The van der Waals surface area contributed by atoms with Gasteiger partial charge >= 0.3 is 0 Å². The standard InChI is InChI=1S/C29H36N4O3/c1-5-36-25-16-9-6-12-21(25)17-33-27(34)26-30-23-13-7-8-15-24(23)32(26)18-29(33,4)28(35)31-22-14-10-11-19(2)20(22)3/h6-9,12-13,15-16,19-20,22H,5,10-11,14,17-18H2,1-4H3,(H,31,35)/t19-,20+,22-,29-/m1/s1. The molecule has 7 nitrogen and oxygen atoms in total. The van der Waals surface area contributed by atoms with E-state index in [0.717, 1.165) is 35.2 Å². The Kier molecular flexibility index (Phi) is 6.49. The van der Waals surface area contributed by atoms with Crippen molar-refractivity contribution in [3.05, 3.63) is 59.9 Å². The number of nitrogens with one attached hydrogen (secondary N) is 1. The molecule has 36 heavy (non-hydrogen) atoms. The minimum Gasteiger partial charge on any atom is -0.494 e. The van der Waals surface area contributed by atoms with Gasteiger partial charge < -0.3 is 19.5 Å². The number of benzene rings is 2. The van der Waals surface area contributed by atoms with Crippen molar-refractivity contribution in [2.24, 2.45) is 11.8 Å². The summed E-state index contributed by atoms with van der Waals surface area (Å²) in [5.41, 5.74) is 1.41. The van der Waals surface area contributed by atoms with E-state index in [4.69, 9.17) is 4.74 Å². The molecule has 2 aromatic carbocycles. The Balaban J connectivity index is 1.55. The van der Waals surface area contributed by atoms with E-state index in [-0.39, 0.29) is 24.4 Å². The van der Waals surface area contributed by atoms with Gasteiger partial charge in [0.05, 0.1) is 30.7 Å². The summed E-state index contributed by atoms with van der Waals surface area (Å²) in [6, 6.07) is 15.5. The molecular formula is C29H36N4O3. The van der Waals surface area contributed by atoms with Gasteiger partial charge in [-0.05, 0) is 50.3 Å². The third-order valence-corrected chi connectivity index (χ3v) is 8.27. The van der Waals surface area contributed by atoms with E-state index in [1.54, 1.807) is 4.90 Å². The first-order valence-electron chi connectivity index (χ1n) is 13.1. The molecule has 3 aromatic rings. The number of rotatable bonds is 6. The fourth-order valence-corrected chi connectivity index (χ4v) is 5.79. The summed E-state index contributed by atoms with van der Waals surface area (Å²) in [6.45, 7) is 9.44.